The highest BCUT2D eigenvalue weighted by Crippen LogP contribution is 2.28. The standard InChI is InChI=1S/C13H18FNO2S/c14-12-9-11(7-8-13(12)15)18(16,17)10-5-3-1-2-4-6-10/h7-10H,1-6,15H2. The first-order valence-corrected chi connectivity index (χ1v) is 7.85. The van der Waals surface area contributed by atoms with Crippen molar-refractivity contribution in [1.82, 2.24) is 0 Å². The average Bonchev–Trinajstić information content (AvgIpc) is 2.61. The minimum atomic E-state index is -3.42. The van der Waals surface area contributed by atoms with E-state index >= 15 is 0 Å². The summed E-state index contributed by atoms with van der Waals surface area (Å²) in [6.45, 7) is 0. The highest BCUT2D eigenvalue weighted by molar-refractivity contribution is 7.92. The molecule has 1 aliphatic carbocycles. The van der Waals surface area contributed by atoms with Crippen LogP contribution in [0.4, 0.5) is 10.1 Å². The summed E-state index contributed by atoms with van der Waals surface area (Å²) < 4.78 is 38.2. The smallest absolute Gasteiger partial charge is 0.181 e. The maximum atomic E-state index is 13.4. The van der Waals surface area contributed by atoms with E-state index < -0.39 is 15.7 Å². The van der Waals surface area contributed by atoms with Crippen molar-refractivity contribution in [3.8, 4) is 0 Å². The molecular formula is C13H18FNO2S. The molecule has 0 amide bonds. The predicted octanol–water partition coefficient (Wildman–Crippen LogP) is 2.90. The summed E-state index contributed by atoms with van der Waals surface area (Å²) in [6.07, 6.45) is 5.38. The van der Waals surface area contributed by atoms with Crippen molar-refractivity contribution in [2.45, 2.75) is 48.7 Å². The van der Waals surface area contributed by atoms with Crippen LogP contribution in [-0.4, -0.2) is 13.7 Å². The second-order valence-electron chi connectivity index (χ2n) is 4.84. The Morgan fingerprint density at radius 3 is 2.28 bits per heavy atom. The molecular weight excluding hydrogens is 253 g/mol. The van der Waals surface area contributed by atoms with Gasteiger partial charge in [0.25, 0.3) is 0 Å². The fraction of sp³-hybridized carbons (Fsp3) is 0.538. The predicted molar refractivity (Wildman–Crippen MR) is 69.5 cm³/mol. The lowest BCUT2D eigenvalue weighted by atomic mass is 10.2. The zero-order valence-corrected chi connectivity index (χ0v) is 11.0. The number of nitrogen functional groups attached to an aromatic ring is 1. The van der Waals surface area contributed by atoms with Crippen molar-refractivity contribution in [2.24, 2.45) is 0 Å². The van der Waals surface area contributed by atoms with Gasteiger partial charge in [0.2, 0.25) is 0 Å². The Labute approximate surface area is 107 Å². The highest BCUT2D eigenvalue weighted by Gasteiger charge is 2.28. The van der Waals surface area contributed by atoms with E-state index in [2.05, 4.69) is 0 Å². The molecule has 0 bridgehead atoms. The molecule has 3 nitrogen and oxygen atoms in total. The summed E-state index contributed by atoms with van der Waals surface area (Å²) in [7, 11) is -3.42. The average molecular weight is 271 g/mol. The maximum absolute atomic E-state index is 13.4. The van der Waals surface area contributed by atoms with Crippen LogP contribution in [0.5, 0.6) is 0 Å². The van der Waals surface area contributed by atoms with Gasteiger partial charge in [-0.1, -0.05) is 25.7 Å². The molecule has 0 atom stereocenters. The van der Waals surface area contributed by atoms with Crippen molar-refractivity contribution in [3.63, 3.8) is 0 Å². The topological polar surface area (TPSA) is 60.2 Å². The van der Waals surface area contributed by atoms with E-state index in [1.54, 1.807) is 0 Å². The molecule has 0 saturated heterocycles. The fourth-order valence-electron chi connectivity index (χ4n) is 2.43. The van der Waals surface area contributed by atoms with E-state index in [9.17, 15) is 12.8 Å². The van der Waals surface area contributed by atoms with Gasteiger partial charge >= 0.3 is 0 Å². The number of rotatable bonds is 2. The molecule has 2 N–H and O–H groups in total. The summed E-state index contributed by atoms with van der Waals surface area (Å²) in [6, 6.07) is 3.76. The van der Waals surface area contributed by atoms with Crippen LogP contribution in [-0.2, 0) is 9.84 Å². The number of sulfone groups is 1. The molecule has 18 heavy (non-hydrogen) atoms. The van der Waals surface area contributed by atoms with Gasteiger partial charge in [0, 0.05) is 0 Å². The lowest BCUT2D eigenvalue weighted by molar-refractivity contribution is 0.560. The second-order valence-corrected chi connectivity index (χ2v) is 7.07. The van der Waals surface area contributed by atoms with Crippen LogP contribution >= 0.6 is 0 Å². The Morgan fingerprint density at radius 1 is 1.11 bits per heavy atom. The number of benzene rings is 1. The number of hydrogen-bond acceptors (Lipinski definition) is 3. The molecule has 1 aromatic rings. The summed E-state index contributed by atoms with van der Waals surface area (Å²) in [5, 5.41) is -0.372. The lowest BCUT2D eigenvalue weighted by Crippen LogP contribution is -2.21. The summed E-state index contributed by atoms with van der Waals surface area (Å²) in [5.41, 5.74) is 5.35. The van der Waals surface area contributed by atoms with Gasteiger partial charge in [-0.25, -0.2) is 12.8 Å². The largest absolute Gasteiger partial charge is 0.396 e. The molecule has 0 heterocycles. The molecule has 0 spiro atoms. The first-order valence-electron chi connectivity index (χ1n) is 6.31. The molecule has 0 aliphatic heterocycles. The van der Waals surface area contributed by atoms with E-state index in [1.807, 2.05) is 0 Å². The minimum absolute atomic E-state index is 0.0187. The third kappa shape index (κ3) is 2.66. The first kappa shape index (κ1) is 13.3. The minimum Gasteiger partial charge on any atom is -0.396 e. The summed E-state index contributed by atoms with van der Waals surface area (Å²) in [4.78, 5) is 0.0566. The summed E-state index contributed by atoms with van der Waals surface area (Å²) in [5.74, 6) is -0.662. The van der Waals surface area contributed by atoms with E-state index in [0.717, 1.165) is 31.7 Å². The molecule has 1 saturated carbocycles. The number of nitrogens with two attached hydrogens (primary N) is 1. The fourth-order valence-corrected chi connectivity index (χ4v) is 4.29. The second kappa shape index (κ2) is 5.26. The SMILES string of the molecule is Nc1ccc(S(=O)(=O)C2CCCCCC2)cc1F. The zero-order valence-electron chi connectivity index (χ0n) is 10.2. The van der Waals surface area contributed by atoms with Crippen molar-refractivity contribution < 1.29 is 12.8 Å². The van der Waals surface area contributed by atoms with Crippen LogP contribution in [0.1, 0.15) is 38.5 Å². The number of halogens is 1. The zero-order chi connectivity index (χ0) is 13.2. The van der Waals surface area contributed by atoms with Crippen LogP contribution < -0.4 is 5.73 Å². The van der Waals surface area contributed by atoms with Crippen molar-refractivity contribution in [2.75, 3.05) is 5.73 Å². The molecule has 0 aromatic heterocycles. The van der Waals surface area contributed by atoms with E-state index in [-0.39, 0.29) is 15.8 Å². The van der Waals surface area contributed by atoms with Gasteiger partial charge < -0.3 is 5.73 Å². The van der Waals surface area contributed by atoms with Crippen LogP contribution in [0.25, 0.3) is 0 Å². The van der Waals surface area contributed by atoms with Gasteiger partial charge in [-0.2, -0.15) is 0 Å². The molecule has 0 radical (unpaired) electrons. The maximum Gasteiger partial charge on any atom is 0.181 e. The van der Waals surface area contributed by atoms with Crippen molar-refractivity contribution in [3.05, 3.63) is 24.0 Å². The van der Waals surface area contributed by atoms with Gasteiger partial charge in [0.1, 0.15) is 5.82 Å². The van der Waals surface area contributed by atoms with Gasteiger partial charge in [0.15, 0.2) is 9.84 Å². The molecule has 2 rings (SSSR count). The lowest BCUT2D eigenvalue weighted by Gasteiger charge is -2.15. The molecule has 1 aromatic carbocycles. The Hall–Kier alpha value is -1.10. The third-order valence-electron chi connectivity index (χ3n) is 3.54. The Kier molecular flexibility index (Phi) is 3.90. The van der Waals surface area contributed by atoms with E-state index in [1.165, 1.54) is 12.1 Å². The van der Waals surface area contributed by atoms with E-state index in [0.29, 0.717) is 12.8 Å². The van der Waals surface area contributed by atoms with Crippen LogP contribution in [0.3, 0.4) is 0 Å². The van der Waals surface area contributed by atoms with Gasteiger partial charge in [-0.15, -0.1) is 0 Å². The quantitative estimate of drug-likeness (QED) is 0.664. The molecule has 100 valence electrons. The van der Waals surface area contributed by atoms with Crippen LogP contribution in [0, 0.1) is 5.82 Å². The van der Waals surface area contributed by atoms with Gasteiger partial charge in [-0.05, 0) is 31.0 Å². The van der Waals surface area contributed by atoms with Gasteiger partial charge in [-0.3, -0.25) is 0 Å². The third-order valence-corrected chi connectivity index (χ3v) is 5.80. The summed E-state index contributed by atoms with van der Waals surface area (Å²) >= 11 is 0. The normalized spacial score (nSPS) is 18.5. The van der Waals surface area contributed by atoms with Crippen LogP contribution in [0.2, 0.25) is 0 Å². The Balaban J connectivity index is 2.31. The first-order chi connectivity index (χ1) is 8.51. The number of hydrogen-bond donors (Lipinski definition) is 1. The van der Waals surface area contributed by atoms with Crippen LogP contribution in [0.15, 0.2) is 23.1 Å². The molecule has 0 unspecified atom stereocenters. The molecule has 5 heteroatoms. The molecule has 1 fully saturated rings. The Bertz CT molecular complexity index is 520. The highest BCUT2D eigenvalue weighted by atomic mass is 32.2. The van der Waals surface area contributed by atoms with E-state index in [4.69, 9.17) is 5.73 Å². The number of anilines is 1. The molecule has 1 aliphatic rings. The van der Waals surface area contributed by atoms with Crippen molar-refractivity contribution in [1.29, 1.82) is 0 Å². The van der Waals surface area contributed by atoms with Crippen molar-refractivity contribution >= 4 is 15.5 Å². The van der Waals surface area contributed by atoms with Gasteiger partial charge in [0.05, 0.1) is 15.8 Å². The monoisotopic (exact) mass is 271 g/mol. The Morgan fingerprint density at radius 2 is 1.72 bits per heavy atom.